The minimum atomic E-state index is 0.309. The van der Waals surface area contributed by atoms with E-state index in [1.165, 1.54) is 35.7 Å². The van der Waals surface area contributed by atoms with Crippen LogP contribution in [0.4, 0.5) is 0 Å². The number of hydrogen-bond donors (Lipinski definition) is 0. The Morgan fingerprint density at radius 1 is 1.05 bits per heavy atom. The summed E-state index contributed by atoms with van der Waals surface area (Å²) in [7, 11) is 0. The maximum Gasteiger partial charge on any atom is 0.188 e. The molecule has 0 aliphatic carbocycles. The minimum absolute atomic E-state index is 0.309. The van der Waals surface area contributed by atoms with E-state index in [1.807, 2.05) is 6.26 Å². The molecule has 0 saturated heterocycles. The minimum Gasteiger partial charge on any atom is -0.287 e. The van der Waals surface area contributed by atoms with Crippen molar-refractivity contribution in [1.82, 2.24) is 0 Å². The smallest absolute Gasteiger partial charge is 0.188 e. The summed E-state index contributed by atoms with van der Waals surface area (Å²) in [6, 6.07) is 8.99. The Labute approximate surface area is 122 Å². The number of aryl methyl sites for hydroxylation is 2. The third-order valence-corrected chi connectivity index (χ3v) is 4.02. The third-order valence-electron chi connectivity index (χ3n) is 3.36. The van der Waals surface area contributed by atoms with Gasteiger partial charge in [-0.1, -0.05) is 49.9 Å². The van der Waals surface area contributed by atoms with Gasteiger partial charge in [0.05, 0.1) is 0 Å². The van der Waals surface area contributed by atoms with Crippen molar-refractivity contribution in [3.05, 3.63) is 35.4 Å². The topological polar surface area (TPSA) is 17.1 Å². The molecule has 0 radical (unpaired) electrons. The van der Waals surface area contributed by atoms with Crippen molar-refractivity contribution in [3.8, 4) is 0 Å². The van der Waals surface area contributed by atoms with Gasteiger partial charge in [-0.25, -0.2) is 0 Å². The van der Waals surface area contributed by atoms with Crippen LogP contribution in [0.3, 0.4) is 0 Å². The maximum atomic E-state index is 11.2. The molecule has 0 saturated carbocycles. The number of hydrogen-bond acceptors (Lipinski definition) is 2. The molecule has 0 aliphatic heterocycles. The van der Waals surface area contributed by atoms with Gasteiger partial charge in [0, 0.05) is 6.42 Å². The molecule has 2 heteroatoms. The lowest BCUT2D eigenvalue weighted by molar-refractivity contribution is -0.111. The van der Waals surface area contributed by atoms with E-state index in [9.17, 15) is 4.79 Å². The van der Waals surface area contributed by atoms with Crippen LogP contribution in [0.15, 0.2) is 24.3 Å². The van der Waals surface area contributed by atoms with Crippen LogP contribution in [0.1, 0.15) is 50.7 Å². The van der Waals surface area contributed by atoms with Gasteiger partial charge < -0.3 is 0 Å². The fourth-order valence-electron chi connectivity index (χ4n) is 2.03. The van der Waals surface area contributed by atoms with Gasteiger partial charge in [0.15, 0.2) is 5.12 Å². The van der Waals surface area contributed by atoms with Crippen LogP contribution in [0.2, 0.25) is 0 Å². The fraction of sp³-hybridized carbons (Fsp3) is 0.588. The van der Waals surface area contributed by atoms with Crippen LogP contribution in [0, 0.1) is 5.92 Å². The zero-order valence-electron chi connectivity index (χ0n) is 12.4. The Kier molecular flexibility index (Phi) is 7.88. The lowest BCUT2D eigenvalue weighted by Gasteiger charge is -2.06. The Bertz CT molecular complexity index is 367. The van der Waals surface area contributed by atoms with E-state index in [-0.39, 0.29) is 0 Å². The molecule has 1 aromatic rings. The highest BCUT2D eigenvalue weighted by Crippen LogP contribution is 2.13. The van der Waals surface area contributed by atoms with Crippen molar-refractivity contribution in [1.29, 1.82) is 0 Å². The van der Waals surface area contributed by atoms with Crippen LogP contribution in [-0.4, -0.2) is 11.4 Å². The average Bonchev–Trinajstić information content (AvgIpc) is 2.42. The SMILES string of the molecule is CSC(=O)CCCCc1ccc(CCC(C)C)cc1. The summed E-state index contributed by atoms with van der Waals surface area (Å²) in [4.78, 5) is 11.2. The second-order valence-electron chi connectivity index (χ2n) is 5.53. The van der Waals surface area contributed by atoms with Crippen LogP contribution in [0.25, 0.3) is 0 Å². The zero-order valence-corrected chi connectivity index (χ0v) is 13.3. The second kappa shape index (κ2) is 9.19. The first-order valence-electron chi connectivity index (χ1n) is 7.26. The first-order valence-corrected chi connectivity index (χ1v) is 8.49. The monoisotopic (exact) mass is 278 g/mol. The van der Waals surface area contributed by atoms with Gasteiger partial charge in [-0.05, 0) is 55.4 Å². The predicted molar refractivity (Wildman–Crippen MR) is 85.7 cm³/mol. The molecule has 0 spiro atoms. The number of rotatable bonds is 8. The van der Waals surface area contributed by atoms with Crippen LogP contribution in [0.5, 0.6) is 0 Å². The van der Waals surface area contributed by atoms with Gasteiger partial charge in [0.1, 0.15) is 0 Å². The molecule has 0 atom stereocenters. The summed E-state index contributed by atoms with van der Waals surface area (Å²) in [5.74, 6) is 0.772. The number of unbranched alkanes of at least 4 members (excludes halogenated alkanes) is 1. The van der Waals surface area contributed by atoms with Crippen LogP contribution in [-0.2, 0) is 17.6 Å². The van der Waals surface area contributed by atoms with E-state index in [2.05, 4.69) is 38.1 Å². The van der Waals surface area contributed by atoms with E-state index in [0.717, 1.165) is 25.2 Å². The largest absolute Gasteiger partial charge is 0.287 e. The van der Waals surface area contributed by atoms with E-state index in [0.29, 0.717) is 11.5 Å². The van der Waals surface area contributed by atoms with E-state index in [4.69, 9.17) is 0 Å². The molecular weight excluding hydrogens is 252 g/mol. The van der Waals surface area contributed by atoms with Gasteiger partial charge in [0.2, 0.25) is 0 Å². The van der Waals surface area contributed by atoms with Crippen LogP contribution < -0.4 is 0 Å². The Morgan fingerprint density at radius 3 is 2.16 bits per heavy atom. The van der Waals surface area contributed by atoms with Gasteiger partial charge >= 0.3 is 0 Å². The Morgan fingerprint density at radius 2 is 1.63 bits per heavy atom. The molecule has 1 rings (SSSR count). The second-order valence-corrected chi connectivity index (χ2v) is 6.40. The summed E-state index contributed by atoms with van der Waals surface area (Å²) >= 11 is 1.34. The van der Waals surface area contributed by atoms with Crippen molar-refractivity contribution in [2.75, 3.05) is 6.26 Å². The molecule has 0 bridgehead atoms. The van der Waals surface area contributed by atoms with Crippen LogP contribution >= 0.6 is 11.8 Å². The highest BCUT2D eigenvalue weighted by Gasteiger charge is 2.00. The zero-order chi connectivity index (χ0) is 14.1. The van der Waals surface area contributed by atoms with Crippen molar-refractivity contribution >= 4 is 16.9 Å². The summed E-state index contributed by atoms with van der Waals surface area (Å²) in [5.41, 5.74) is 2.83. The molecule has 0 fully saturated rings. The van der Waals surface area contributed by atoms with Crippen molar-refractivity contribution in [2.45, 2.75) is 52.4 Å². The average molecular weight is 278 g/mol. The Hall–Kier alpha value is -0.760. The molecule has 1 nitrogen and oxygen atoms in total. The number of benzene rings is 1. The molecule has 0 heterocycles. The first kappa shape index (κ1) is 16.3. The molecule has 0 aromatic heterocycles. The van der Waals surface area contributed by atoms with Crippen molar-refractivity contribution in [2.24, 2.45) is 5.92 Å². The molecule has 0 N–H and O–H groups in total. The maximum absolute atomic E-state index is 11.2. The molecule has 0 unspecified atom stereocenters. The summed E-state index contributed by atoms with van der Waals surface area (Å²) in [6.07, 6.45) is 8.22. The quantitative estimate of drug-likeness (QED) is 0.631. The molecule has 19 heavy (non-hydrogen) atoms. The molecule has 0 aliphatic rings. The lowest BCUT2D eigenvalue weighted by Crippen LogP contribution is -1.94. The van der Waals surface area contributed by atoms with Gasteiger partial charge in [-0.2, -0.15) is 0 Å². The summed E-state index contributed by atoms with van der Waals surface area (Å²) in [6.45, 7) is 4.54. The highest BCUT2D eigenvalue weighted by molar-refractivity contribution is 8.13. The predicted octanol–water partition coefficient (Wildman–Crippen LogP) is 4.88. The number of carbonyl (C=O) groups excluding carboxylic acids is 1. The number of thioether (sulfide) groups is 1. The normalized spacial score (nSPS) is 10.9. The van der Waals surface area contributed by atoms with E-state index < -0.39 is 0 Å². The third kappa shape index (κ3) is 7.41. The van der Waals surface area contributed by atoms with E-state index in [1.54, 1.807) is 0 Å². The number of carbonyl (C=O) groups is 1. The van der Waals surface area contributed by atoms with Gasteiger partial charge in [-0.15, -0.1) is 0 Å². The first-order chi connectivity index (χ1) is 9.11. The molecule has 106 valence electrons. The lowest BCUT2D eigenvalue weighted by atomic mass is 10.00. The summed E-state index contributed by atoms with van der Waals surface area (Å²) in [5, 5.41) is 0.309. The van der Waals surface area contributed by atoms with Crippen molar-refractivity contribution < 1.29 is 4.79 Å². The van der Waals surface area contributed by atoms with Crippen molar-refractivity contribution in [3.63, 3.8) is 0 Å². The molecular formula is C17H26OS. The Balaban J connectivity index is 2.26. The van der Waals surface area contributed by atoms with Gasteiger partial charge in [0.25, 0.3) is 0 Å². The highest BCUT2D eigenvalue weighted by atomic mass is 32.2. The molecule has 1 aromatic carbocycles. The standard InChI is InChI=1S/C17H26OS/c1-14(2)8-9-16-12-10-15(11-13-16)6-4-5-7-17(18)19-3/h10-14H,4-9H2,1-3H3. The van der Waals surface area contributed by atoms with Gasteiger partial charge in [-0.3, -0.25) is 4.79 Å². The summed E-state index contributed by atoms with van der Waals surface area (Å²) < 4.78 is 0. The molecule has 0 amide bonds. The van der Waals surface area contributed by atoms with E-state index >= 15 is 0 Å². The fourth-order valence-corrected chi connectivity index (χ4v) is 2.38.